The molecule has 2 nitrogen and oxygen atoms in total. The van der Waals surface area contributed by atoms with Crippen molar-refractivity contribution in [3.8, 4) is 0 Å². The van der Waals surface area contributed by atoms with Crippen molar-refractivity contribution in [3.63, 3.8) is 0 Å². The molecule has 0 fully saturated rings. The number of rotatable bonds is 3. The molecule has 0 saturated carbocycles. The van der Waals surface area contributed by atoms with Crippen LogP contribution in [0.5, 0.6) is 0 Å². The lowest BCUT2D eigenvalue weighted by molar-refractivity contribution is 0.607. The highest BCUT2D eigenvalue weighted by atomic mass is 32.2. The third-order valence-corrected chi connectivity index (χ3v) is 2.13. The summed E-state index contributed by atoms with van der Waals surface area (Å²) in [6.07, 6.45) is 4.87. The lowest BCUT2D eigenvalue weighted by Gasteiger charge is -1.87. The van der Waals surface area contributed by atoms with Crippen LogP contribution < -0.4 is 0 Å². The molecule has 0 rings (SSSR count). The van der Waals surface area contributed by atoms with Crippen LogP contribution in [-0.4, -0.2) is 14.2 Å². The third kappa shape index (κ3) is 5.64. The second kappa shape index (κ2) is 4.94. The van der Waals surface area contributed by atoms with Crippen LogP contribution in [-0.2, 0) is 9.84 Å². The Morgan fingerprint density at radius 2 is 2.00 bits per heavy atom. The zero-order valence-corrected chi connectivity index (χ0v) is 7.56. The second-order valence-corrected chi connectivity index (χ2v) is 3.87. The molecule has 0 aromatic heterocycles. The normalized spacial score (nSPS) is 11.1. The fraction of sp³-hybridized carbons (Fsp3) is 0.375. The van der Waals surface area contributed by atoms with Gasteiger partial charge in [0, 0.05) is 0 Å². The Kier molecular flexibility index (Phi) is 4.59. The molecule has 0 aliphatic rings. The van der Waals surface area contributed by atoms with Gasteiger partial charge in [-0.15, -0.1) is 5.73 Å². The Balaban J connectivity index is 4.37. The average molecular weight is 172 g/mol. The molecule has 0 spiro atoms. The maximum Gasteiger partial charge on any atom is 0.182 e. The van der Waals surface area contributed by atoms with Crippen LogP contribution in [0.2, 0.25) is 0 Å². The molecule has 62 valence electrons. The molecule has 0 aliphatic heterocycles. The molecule has 3 heteroatoms. The first-order valence-electron chi connectivity index (χ1n) is 3.33. The molecule has 0 aromatic rings. The van der Waals surface area contributed by atoms with E-state index >= 15 is 0 Å². The van der Waals surface area contributed by atoms with E-state index in [9.17, 15) is 8.42 Å². The average Bonchev–Trinajstić information content (AvgIpc) is 1.97. The van der Waals surface area contributed by atoms with Gasteiger partial charge in [-0.05, 0) is 19.9 Å². The van der Waals surface area contributed by atoms with Crippen molar-refractivity contribution in [1.29, 1.82) is 0 Å². The molecule has 0 bridgehead atoms. The van der Waals surface area contributed by atoms with Crippen LogP contribution in [0.15, 0.2) is 29.4 Å². The summed E-state index contributed by atoms with van der Waals surface area (Å²) in [5.74, 6) is 0.0599. The van der Waals surface area contributed by atoms with Gasteiger partial charge in [0.25, 0.3) is 0 Å². The molecule has 0 unspecified atom stereocenters. The van der Waals surface area contributed by atoms with Gasteiger partial charge in [-0.1, -0.05) is 12.2 Å². The Labute approximate surface area is 67.9 Å². The minimum atomic E-state index is -3.06. The van der Waals surface area contributed by atoms with Crippen molar-refractivity contribution in [2.75, 3.05) is 5.75 Å². The van der Waals surface area contributed by atoms with Crippen molar-refractivity contribution < 1.29 is 8.42 Å². The van der Waals surface area contributed by atoms with Gasteiger partial charge in [0.1, 0.15) is 0 Å². The van der Waals surface area contributed by atoms with Crippen LogP contribution in [0, 0.1) is 0 Å². The molecular weight excluding hydrogens is 160 g/mol. The SMILES string of the molecule is CC=C=CS(=O)(=O)C/C=C/C. The van der Waals surface area contributed by atoms with Gasteiger partial charge < -0.3 is 0 Å². The van der Waals surface area contributed by atoms with E-state index in [2.05, 4.69) is 5.73 Å². The molecule has 0 saturated heterocycles. The molecule has 0 N–H and O–H groups in total. The molecule has 0 aromatic carbocycles. The van der Waals surface area contributed by atoms with E-state index in [1.54, 1.807) is 32.1 Å². The van der Waals surface area contributed by atoms with Gasteiger partial charge >= 0.3 is 0 Å². The fourth-order valence-corrected chi connectivity index (χ4v) is 1.35. The molecule has 11 heavy (non-hydrogen) atoms. The van der Waals surface area contributed by atoms with Crippen molar-refractivity contribution in [2.24, 2.45) is 0 Å². The Morgan fingerprint density at radius 1 is 1.36 bits per heavy atom. The molecule has 0 aliphatic carbocycles. The van der Waals surface area contributed by atoms with Crippen LogP contribution in [0.1, 0.15) is 13.8 Å². The predicted molar refractivity (Wildman–Crippen MR) is 46.9 cm³/mol. The van der Waals surface area contributed by atoms with Gasteiger partial charge in [0.2, 0.25) is 0 Å². The summed E-state index contributed by atoms with van der Waals surface area (Å²) in [4.78, 5) is 0. The number of hydrogen-bond donors (Lipinski definition) is 0. The molecule has 0 amide bonds. The Hall–Kier alpha value is -0.790. The van der Waals surface area contributed by atoms with E-state index in [0.29, 0.717) is 0 Å². The van der Waals surface area contributed by atoms with Crippen molar-refractivity contribution in [2.45, 2.75) is 13.8 Å². The summed E-state index contributed by atoms with van der Waals surface area (Å²) in [7, 11) is -3.06. The highest BCUT2D eigenvalue weighted by Gasteiger charge is 1.99. The van der Waals surface area contributed by atoms with Crippen LogP contribution in [0.4, 0.5) is 0 Å². The van der Waals surface area contributed by atoms with Gasteiger partial charge in [0.15, 0.2) is 9.84 Å². The zero-order chi connectivity index (χ0) is 8.74. The Morgan fingerprint density at radius 3 is 2.45 bits per heavy atom. The molecule has 0 radical (unpaired) electrons. The quantitative estimate of drug-likeness (QED) is 0.479. The standard InChI is InChI=1S/C8H12O2S/c1-3-5-7-11(9,10)8-6-4-2/h3-5,8H,7H2,1-2H3/b5-3+. The van der Waals surface area contributed by atoms with Crippen LogP contribution in [0.3, 0.4) is 0 Å². The van der Waals surface area contributed by atoms with E-state index in [-0.39, 0.29) is 5.75 Å². The zero-order valence-electron chi connectivity index (χ0n) is 6.74. The summed E-state index contributed by atoms with van der Waals surface area (Å²) >= 11 is 0. The maximum atomic E-state index is 11.0. The fourth-order valence-electron chi connectivity index (χ4n) is 0.450. The molecular formula is C8H12O2S. The first-order valence-corrected chi connectivity index (χ1v) is 5.05. The van der Waals surface area contributed by atoms with E-state index in [0.717, 1.165) is 5.41 Å². The Bertz CT molecular complexity index is 277. The highest BCUT2D eigenvalue weighted by Crippen LogP contribution is 1.91. The summed E-state index contributed by atoms with van der Waals surface area (Å²) in [6.45, 7) is 3.51. The molecule has 0 heterocycles. The topological polar surface area (TPSA) is 34.1 Å². The minimum Gasteiger partial charge on any atom is -0.223 e. The lowest BCUT2D eigenvalue weighted by atomic mass is 10.6. The largest absolute Gasteiger partial charge is 0.223 e. The van der Waals surface area contributed by atoms with Crippen LogP contribution in [0.25, 0.3) is 0 Å². The second-order valence-electron chi connectivity index (χ2n) is 1.97. The van der Waals surface area contributed by atoms with Gasteiger partial charge in [-0.25, -0.2) is 8.42 Å². The number of sulfone groups is 1. The first-order chi connectivity index (χ1) is 5.12. The van der Waals surface area contributed by atoms with Gasteiger partial charge in [-0.3, -0.25) is 0 Å². The first kappa shape index (κ1) is 10.2. The highest BCUT2D eigenvalue weighted by molar-refractivity contribution is 7.94. The van der Waals surface area contributed by atoms with E-state index in [1.807, 2.05) is 0 Å². The smallest absolute Gasteiger partial charge is 0.182 e. The van der Waals surface area contributed by atoms with Crippen molar-refractivity contribution >= 4 is 9.84 Å². The summed E-state index contributed by atoms with van der Waals surface area (Å²) in [6, 6.07) is 0. The summed E-state index contributed by atoms with van der Waals surface area (Å²) in [5, 5.41) is 1.09. The summed E-state index contributed by atoms with van der Waals surface area (Å²) < 4.78 is 21.9. The lowest BCUT2D eigenvalue weighted by Crippen LogP contribution is -1.97. The minimum absolute atomic E-state index is 0.0599. The number of allylic oxidation sites excluding steroid dienone is 2. The molecule has 0 atom stereocenters. The van der Waals surface area contributed by atoms with Crippen molar-refractivity contribution in [3.05, 3.63) is 29.4 Å². The monoisotopic (exact) mass is 172 g/mol. The van der Waals surface area contributed by atoms with E-state index in [4.69, 9.17) is 0 Å². The van der Waals surface area contributed by atoms with E-state index in [1.165, 1.54) is 0 Å². The summed E-state index contributed by atoms with van der Waals surface area (Å²) in [5.41, 5.74) is 2.53. The predicted octanol–water partition coefficient (Wildman–Crippen LogP) is 1.67. The number of hydrogen-bond acceptors (Lipinski definition) is 2. The van der Waals surface area contributed by atoms with E-state index < -0.39 is 9.84 Å². The van der Waals surface area contributed by atoms with Gasteiger partial charge in [-0.2, -0.15) is 0 Å². The van der Waals surface area contributed by atoms with Crippen LogP contribution >= 0.6 is 0 Å². The van der Waals surface area contributed by atoms with Gasteiger partial charge in [0.05, 0.1) is 11.2 Å². The van der Waals surface area contributed by atoms with Crippen molar-refractivity contribution in [1.82, 2.24) is 0 Å². The third-order valence-electron chi connectivity index (χ3n) is 0.979. The maximum absolute atomic E-state index is 11.0.